The van der Waals surface area contributed by atoms with Gasteiger partial charge in [-0.2, -0.15) is 0 Å². The molecule has 1 aliphatic rings. The average Bonchev–Trinajstić information content (AvgIpc) is 2.70. The predicted molar refractivity (Wildman–Crippen MR) is 48.1 cm³/mol. The number of nitrogens with zero attached hydrogens (tertiary/aromatic N) is 4. The van der Waals surface area contributed by atoms with Crippen LogP contribution in [0, 0.1) is 0 Å². The summed E-state index contributed by atoms with van der Waals surface area (Å²) in [4.78, 5) is 12.8. The first-order valence-corrected chi connectivity index (χ1v) is 4.50. The van der Waals surface area contributed by atoms with Crippen molar-refractivity contribution >= 4 is 5.97 Å². The van der Waals surface area contributed by atoms with Crippen LogP contribution in [0.4, 0.5) is 0 Å². The summed E-state index contributed by atoms with van der Waals surface area (Å²) in [7, 11) is 2.04. The van der Waals surface area contributed by atoms with Gasteiger partial charge in [-0.3, -0.25) is 0 Å². The van der Waals surface area contributed by atoms with Crippen LogP contribution >= 0.6 is 0 Å². The van der Waals surface area contributed by atoms with E-state index in [0.717, 1.165) is 19.5 Å². The lowest BCUT2D eigenvalue weighted by molar-refractivity contribution is 0.0690. The molecule has 1 aliphatic heterocycles. The lowest BCUT2D eigenvalue weighted by atomic mass is 10.3. The highest BCUT2D eigenvalue weighted by Crippen LogP contribution is 2.18. The first kappa shape index (κ1) is 9.14. The minimum atomic E-state index is -1.03. The number of likely N-dealkylation sites (tertiary alicyclic amines) is 1. The average molecular weight is 196 g/mol. The van der Waals surface area contributed by atoms with Gasteiger partial charge in [0.2, 0.25) is 0 Å². The molecule has 2 heterocycles. The number of aromatic nitrogens is 3. The molecule has 0 aromatic carbocycles. The second kappa shape index (κ2) is 3.38. The van der Waals surface area contributed by atoms with E-state index in [9.17, 15) is 4.79 Å². The first-order chi connectivity index (χ1) is 6.66. The molecule has 0 aliphatic carbocycles. The Balaban J connectivity index is 2.13. The molecule has 0 amide bonds. The summed E-state index contributed by atoms with van der Waals surface area (Å²) >= 11 is 0. The SMILES string of the molecule is CN1CCC(n2cc(C(=O)O)nn2)C1. The van der Waals surface area contributed by atoms with Crippen LogP contribution < -0.4 is 0 Å². The zero-order valence-corrected chi connectivity index (χ0v) is 7.92. The molecule has 1 saturated heterocycles. The number of hydrogen-bond donors (Lipinski definition) is 1. The predicted octanol–water partition coefficient (Wildman–Crippen LogP) is -0.147. The number of carboxylic acid groups (broad SMARTS) is 1. The molecule has 0 saturated carbocycles. The monoisotopic (exact) mass is 196 g/mol. The molecule has 6 heteroatoms. The Hall–Kier alpha value is -1.43. The molecular formula is C8H12N4O2. The Morgan fingerprint density at radius 3 is 3.00 bits per heavy atom. The second-order valence-corrected chi connectivity index (χ2v) is 3.59. The van der Waals surface area contributed by atoms with Crippen LogP contribution in [0.2, 0.25) is 0 Å². The van der Waals surface area contributed by atoms with E-state index >= 15 is 0 Å². The fraction of sp³-hybridized carbons (Fsp3) is 0.625. The van der Waals surface area contributed by atoms with Crippen molar-refractivity contribution in [2.45, 2.75) is 12.5 Å². The Bertz CT molecular complexity index is 349. The molecule has 1 N–H and O–H groups in total. The molecule has 0 radical (unpaired) electrons. The number of likely N-dealkylation sites (N-methyl/N-ethyl adjacent to an activating group) is 1. The summed E-state index contributed by atoms with van der Waals surface area (Å²) in [5.74, 6) is -1.03. The van der Waals surface area contributed by atoms with E-state index in [2.05, 4.69) is 15.2 Å². The topological polar surface area (TPSA) is 71.2 Å². The third kappa shape index (κ3) is 1.60. The molecule has 2 rings (SSSR count). The number of carbonyl (C=O) groups is 1. The molecule has 0 bridgehead atoms. The minimum absolute atomic E-state index is 0.0135. The molecule has 1 unspecified atom stereocenters. The maximum absolute atomic E-state index is 10.6. The van der Waals surface area contributed by atoms with Crippen LogP contribution in [-0.2, 0) is 0 Å². The van der Waals surface area contributed by atoms with Crippen LogP contribution in [0.5, 0.6) is 0 Å². The van der Waals surface area contributed by atoms with Crippen molar-refractivity contribution in [3.05, 3.63) is 11.9 Å². The van der Waals surface area contributed by atoms with E-state index in [-0.39, 0.29) is 11.7 Å². The second-order valence-electron chi connectivity index (χ2n) is 3.59. The van der Waals surface area contributed by atoms with E-state index in [0.29, 0.717) is 0 Å². The number of aromatic carboxylic acids is 1. The van der Waals surface area contributed by atoms with Crippen LogP contribution in [0.1, 0.15) is 23.0 Å². The largest absolute Gasteiger partial charge is 0.476 e. The van der Waals surface area contributed by atoms with E-state index in [1.165, 1.54) is 6.20 Å². The molecule has 76 valence electrons. The Morgan fingerprint density at radius 2 is 2.50 bits per heavy atom. The van der Waals surface area contributed by atoms with Gasteiger partial charge in [0.15, 0.2) is 5.69 Å². The van der Waals surface area contributed by atoms with Gasteiger partial charge in [0.1, 0.15) is 0 Å². The van der Waals surface area contributed by atoms with Gasteiger partial charge in [-0.1, -0.05) is 5.21 Å². The Labute approximate surface area is 81.1 Å². The van der Waals surface area contributed by atoms with Gasteiger partial charge >= 0.3 is 5.97 Å². The van der Waals surface area contributed by atoms with Crippen LogP contribution in [-0.4, -0.2) is 51.1 Å². The molecule has 1 aromatic rings. The fourth-order valence-corrected chi connectivity index (χ4v) is 1.68. The smallest absolute Gasteiger partial charge is 0.358 e. The number of hydrogen-bond acceptors (Lipinski definition) is 4. The van der Waals surface area contributed by atoms with E-state index in [1.807, 2.05) is 7.05 Å². The molecular weight excluding hydrogens is 184 g/mol. The maximum Gasteiger partial charge on any atom is 0.358 e. The summed E-state index contributed by atoms with van der Waals surface area (Å²) in [5, 5.41) is 16.1. The van der Waals surface area contributed by atoms with Crippen molar-refractivity contribution in [3.63, 3.8) is 0 Å². The maximum atomic E-state index is 10.6. The van der Waals surface area contributed by atoms with E-state index < -0.39 is 5.97 Å². The third-order valence-corrected chi connectivity index (χ3v) is 2.47. The molecule has 1 atom stereocenters. The van der Waals surface area contributed by atoms with Gasteiger partial charge in [0, 0.05) is 6.54 Å². The summed E-state index contributed by atoms with van der Waals surface area (Å²) < 4.78 is 1.65. The van der Waals surface area contributed by atoms with Gasteiger partial charge in [-0.05, 0) is 20.0 Å². The van der Waals surface area contributed by atoms with Gasteiger partial charge in [0.05, 0.1) is 12.2 Å². The molecule has 1 fully saturated rings. The van der Waals surface area contributed by atoms with Crippen molar-refractivity contribution < 1.29 is 9.90 Å². The van der Waals surface area contributed by atoms with Gasteiger partial charge < -0.3 is 10.0 Å². The first-order valence-electron chi connectivity index (χ1n) is 4.50. The fourth-order valence-electron chi connectivity index (χ4n) is 1.68. The zero-order chi connectivity index (χ0) is 10.1. The normalized spacial score (nSPS) is 22.8. The highest BCUT2D eigenvalue weighted by atomic mass is 16.4. The van der Waals surface area contributed by atoms with Crippen molar-refractivity contribution in [1.29, 1.82) is 0 Å². The number of rotatable bonds is 2. The quantitative estimate of drug-likeness (QED) is 0.712. The minimum Gasteiger partial charge on any atom is -0.476 e. The lowest BCUT2D eigenvalue weighted by Crippen LogP contribution is -2.16. The molecule has 0 spiro atoms. The number of carboxylic acids is 1. The lowest BCUT2D eigenvalue weighted by Gasteiger charge is -2.09. The van der Waals surface area contributed by atoms with Crippen LogP contribution in [0.15, 0.2) is 6.20 Å². The van der Waals surface area contributed by atoms with Gasteiger partial charge in [-0.15, -0.1) is 5.10 Å². The van der Waals surface area contributed by atoms with E-state index in [4.69, 9.17) is 5.11 Å². The van der Waals surface area contributed by atoms with Crippen molar-refractivity contribution in [2.75, 3.05) is 20.1 Å². The molecule has 14 heavy (non-hydrogen) atoms. The highest BCUT2D eigenvalue weighted by molar-refractivity contribution is 5.84. The Kier molecular flexibility index (Phi) is 2.20. The molecule has 1 aromatic heterocycles. The van der Waals surface area contributed by atoms with Crippen molar-refractivity contribution in [1.82, 2.24) is 19.9 Å². The standard InChI is InChI=1S/C8H12N4O2/c1-11-3-2-6(4-11)12-5-7(8(13)14)9-10-12/h5-6H,2-4H2,1H3,(H,13,14). The summed E-state index contributed by atoms with van der Waals surface area (Å²) in [6.45, 7) is 1.93. The zero-order valence-electron chi connectivity index (χ0n) is 7.92. The molecule has 6 nitrogen and oxygen atoms in total. The van der Waals surface area contributed by atoms with Crippen molar-refractivity contribution in [3.8, 4) is 0 Å². The third-order valence-electron chi connectivity index (χ3n) is 2.47. The summed E-state index contributed by atoms with van der Waals surface area (Å²) in [5.41, 5.74) is 0.0135. The van der Waals surface area contributed by atoms with Crippen LogP contribution in [0.3, 0.4) is 0 Å². The highest BCUT2D eigenvalue weighted by Gasteiger charge is 2.22. The van der Waals surface area contributed by atoms with Crippen molar-refractivity contribution in [2.24, 2.45) is 0 Å². The van der Waals surface area contributed by atoms with E-state index in [1.54, 1.807) is 4.68 Å². The summed E-state index contributed by atoms with van der Waals surface area (Å²) in [6.07, 6.45) is 2.49. The summed E-state index contributed by atoms with van der Waals surface area (Å²) in [6, 6.07) is 0.264. The Morgan fingerprint density at radius 1 is 1.71 bits per heavy atom. The van der Waals surface area contributed by atoms with Gasteiger partial charge in [0.25, 0.3) is 0 Å². The van der Waals surface area contributed by atoms with Gasteiger partial charge in [-0.25, -0.2) is 9.48 Å². The van der Waals surface area contributed by atoms with Crippen LogP contribution in [0.25, 0.3) is 0 Å².